The third-order valence-corrected chi connectivity index (χ3v) is 5.09. The third-order valence-electron chi connectivity index (χ3n) is 5.09. The maximum atomic E-state index is 12.1. The van der Waals surface area contributed by atoms with Gasteiger partial charge in [-0.1, -0.05) is 24.3 Å². The minimum absolute atomic E-state index is 0.103. The molecule has 0 saturated carbocycles. The maximum absolute atomic E-state index is 12.1. The van der Waals surface area contributed by atoms with Crippen LogP contribution in [0.1, 0.15) is 35.8 Å². The molecule has 0 unspecified atom stereocenters. The van der Waals surface area contributed by atoms with Gasteiger partial charge in [-0.05, 0) is 37.6 Å². The first kappa shape index (κ1) is 18.7. The lowest BCUT2D eigenvalue weighted by Crippen LogP contribution is -2.19. The summed E-state index contributed by atoms with van der Waals surface area (Å²) in [6.07, 6.45) is 3.52. The van der Waals surface area contributed by atoms with Crippen molar-refractivity contribution < 1.29 is 9.15 Å². The van der Waals surface area contributed by atoms with Gasteiger partial charge in [-0.2, -0.15) is 0 Å². The van der Waals surface area contributed by atoms with E-state index in [1.54, 1.807) is 12.3 Å². The van der Waals surface area contributed by atoms with Gasteiger partial charge in [0.25, 0.3) is 5.56 Å². The van der Waals surface area contributed by atoms with Crippen LogP contribution in [0, 0.1) is 0 Å². The summed E-state index contributed by atoms with van der Waals surface area (Å²) < 4.78 is 10.8. The highest BCUT2D eigenvalue weighted by atomic mass is 16.5. The number of furan rings is 1. The first-order valence-corrected chi connectivity index (χ1v) is 9.66. The van der Waals surface area contributed by atoms with E-state index in [-0.39, 0.29) is 5.56 Å². The van der Waals surface area contributed by atoms with Crippen LogP contribution in [0.3, 0.4) is 0 Å². The third kappa shape index (κ3) is 4.58. The van der Waals surface area contributed by atoms with Crippen molar-refractivity contribution in [3.05, 3.63) is 76.1 Å². The summed E-state index contributed by atoms with van der Waals surface area (Å²) in [5, 5.41) is 0. The van der Waals surface area contributed by atoms with Gasteiger partial charge in [0.2, 0.25) is 0 Å². The Labute approximate surface area is 164 Å². The molecule has 6 nitrogen and oxygen atoms in total. The second kappa shape index (κ2) is 8.54. The molecular weight excluding hydrogens is 354 g/mol. The van der Waals surface area contributed by atoms with Gasteiger partial charge in [0, 0.05) is 37.3 Å². The fourth-order valence-electron chi connectivity index (χ4n) is 3.62. The standard InChI is InChI=1S/C22H25N3O3/c1-25(15-19-3-2-10-28-19)14-16-4-6-18(7-5-16)22-23-20(13-21(26)24-22)17-8-11-27-12-9-17/h2-7,10,13,17H,8-9,11-12,14-15H2,1H3,(H,23,24,26). The second-order valence-electron chi connectivity index (χ2n) is 7.35. The van der Waals surface area contributed by atoms with Crippen molar-refractivity contribution in [1.82, 2.24) is 14.9 Å². The number of ether oxygens (including phenoxy) is 1. The normalized spacial score (nSPS) is 15.2. The number of aromatic amines is 1. The number of hydrogen-bond acceptors (Lipinski definition) is 5. The van der Waals surface area contributed by atoms with Crippen molar-refractivity contribution in [3.8, 4) is 11.4 Å². The van der Waals surface area contributed by atoms with Crippen molar-refractivity contribution in [3.63, 3.8) is 0 Å². The molecule has 1 aromatic carbocycles. The minimum Gasteiger partial charge on any atom is -0.468 e. The van der Waals surface area contributed by atoms with Crippen LogP contribution < -0.4 is 5.56 Å². The Hall–Kier alpha value is -2.70. The highest BCUT2D eigenvalue weighted by Crippen LogP contribution is 2.26. The largest absolute Gasteiger partial charge is 0.468 e. The fourth-order valence-corrected chi connectivity index (χ4v) is 3.62. The van der Waals surface area contributed by atoms with Crippen LogP contribution in [0.25, 0.3) is 11.4 Å². The highest BCUT2D eigenvalue weighted by molar-refractivity contribution is 5.55. The first-order chi connectivity index (χ1) is 13.7. The molecule has 3 aromatic rings. The zero-order valence-corrected chi connectivity index (χ0v) is 16.1. The van der Waals surface area contributed by atoms with Crippen LogP contribution in [0.4, 0.5) is 0 Å². The molecule has 6 heteroatoms. The Kier molecular flexibility index (Phi) is 5.69. The Balaban J connectivity index is 1.47. The summed E-state index contributed by atoms with van der Waals surface area (Å²) in [7, 11) is 2.06. The van der Waals surface area contributed by atoms with E-state index >= 15 is 0 Å². The molecule has 0 aliphatic carbocycles. The van der Waals surface area contributed by atoms with Gasteiger partial charge >= 0.3 is 0 Å². The van der Waals surface area contributed by atoms with E-state index in [2.05, 4.69) is 29.1 Å². The summed E-state index contributed by atoms with van der Waals surface area (Å²) in [5.74, 6) is 1.87. The molecule has 0 radical (unpaired) electrons. The van der Waals surface area contributed by atoms with E-state index in [4.69, 9.17) is 14.1 Å². The highest BCUT2D eigenvalue weighted by Gasteiger charge is 2.18. The molecule has 1 saturated heterocycles. The topological polar surface area (TPSA) is 71.4 Å². The summed E-state index contributed by atoms with van der Waals surface area (Å²) in [6, 6.07) is 13.7. The van der Waals surface area contributed by atoms with Crippen LogP contribution in [0.15, 0.2) is 57.9 Å². The maximum Gasteiger partial charge on any atom is 0.251 e. The molecule has 3 heterocycles. The Morgan fingerprint density at radius 3 is 2.64 bits per heavy atom. The lowest BCUT2D eigenvalue weighted by molar-refractivity contribution is 0.0845. The van der Waals surface area contributed by atoms with Gasteiger partial charge in [-0.15, -0.1) is 0 Å². The van der Waals surface area contributed by atoms with Crippen LogP contribution in [-0.2, 0) is 17.8 Å². The van der Waals surface area contributed by atoms with Gasteiger partial charge in [0.15, 0.2) is 0 Å². The number of H-pyrrole nitrogens is 1. The quantitative estimate of drug-likeness (QED) is 0.709. The average Bonchev–Trinajstić information content (AvgIpc) is 3.21. The second-order valence-corrected chi connectivity index (χ2v) is 7.35. The van der Waals surface area contributed by atoms with Crippen LogP contribution >= 0.6 is 0 Å². The van der Waals surface area contributed by atoms with Crippen LogP contribution in [0.5, 0.6) is 0 Å². The van der Waals surface area contributed by atoms with E-state index in [0.29, 0.717) is 11.7 Å². The van der Waals surface area contributed by atoms with Gasteiger partial charge in [-0.3, -0.25) is 9.69 Å². The predicted molar refractivity (Wildman–Crippen MR) is 107 cm³/mol. The Morgan fingerprint density at radius 1 is 1.14 bits per heavy atom. The van der Waals surface area contributed by atoms with Crippen LogP contribution in [0.2, 0.25) is 0 Å². The van der Waals surface area contributed by atoms with Crippen molar-refractivity contribution in [2.24, 2.45) is 0 Å². The van der Waals surface area contributed by atoms with E-state index in [0.717, 1.165) is 56.2 Å². The molecule has 1 fully saturated rings. The molecule has 0 atom stereocenters. The SMILES string of the molecule is CN(Cc1ccc(-c2nc(C3CCOCC3)cc(=O)[nH]2)cc1)Cc1ccco1. The van der Waals surface area contributed by atoms with Crippen molar-refractivity contribution in [2.45, 2.75) is 31.8 Å². The van der Waals surface area contributed by atoms with Crippen molar-refractivity contribution in [2.75, 3.05) is 20.3 Å². The molecule has 28 heavy (non-hydrogen) atoms. The molecule has 0 spiro atoms. The predicted octanol–water partition coefficient (Wildman–Crippen LogP) is 3.56. The Bertz CT molecular complexity index is 942. The molecule has 4 rings (SSSR count). The average molecular weight is 379 g/mol. The molecule has 1 N–H and O–H groups in total. The Morgan fingerprint density at radius 2 is 1.93 bits per heavy atom. The van der Waals surface area contributed by atoms with Crippen molar-refractivity contribution in [1.29, 1.82) is 0 Å². The summed E-state index contributed by atoms with van der Waals surface area (Å²) in [5.41, 5.74) is 2.88. The zero-order chi connectivity index (χ0) is 19.3. The fraction of sp³-hybridized carbons (Fsp3) is 0.364. The molecule has 146 valence electrons. The summed E-state index contributed by atoms with van der Waals surface area (Å²) in [4.78, 5) is 21.9. The number of rotatable bonds is 6. The van der Waals surface area contributed by atoms with E-state index in [1.165, 1.54) is 5.56 Å². The first-order valence-electron chi connectivity index (χ1n) is 9.66. The molecule has 1 aliphatic rings. The van der Waals surface area contributed by atoms with Gasteiger partial charge in [-0.25, -0.2) is 4.98 Å². The molecule has 0 amide bonds. The molecule has 0 bridgehead atoms. The lowest BCUT2D eigenvalue weighted by atomic mass is 9.96. The van der Waals surface area contributed by atoms with E-state index in [1.807, 2.05) is 24.3 Å². The lowest BCUT2D eigenvalue weighted by Gasteiger charge is -2.21. The van der Waals surface area contributed by atoms with Gasteiger partial charge in [0.05, 0.1) is 18.5 Å². The molecule has 1 aliphatic heterocycles. The zero-order valence-electron chi connectivity index (χ0n) is 16.1. The van der Waals surface area contributed by atoms with Gasteiger partial charge in [0.1, 0.15) is 11.6 Å². The number of nitrogens with one attached hydrogen (secondary N) is 1. The summed E-state index contributed by atoms with van der Waals surface area (Å²) in [6.45, 7) is 3.03. The van der Waals surface area contributed by atoms with Crippen molar-refractivity contribution >= 4 is 0 Å². The smallest absolute Gasteiger partial charge is 0.251 e. The van der Waals surface area contributed by atoms with Crippen LogP contribution in [-0.4, -0.2) is 35.1 Å². The van der Waals surface area contributed by atoms with Gasteiger partial charge < -0.3 is 14.1 Å². The number of nitrogens with zero attached hydrogens (tertiary/aromatic N) is 2. The molecular formula is C22H25N3O3. The monoisotopic (exact) mass is 379 g/mol. The van der Waals surface area contributed by atoms with E-state index < -0.39 is 0 Å². The molecule has 2 aromatic heterocycles. The minimum atomic E-state index is -0.103. The number of benzene rings is 1. The van der Waals surface area contributed by atoms with E-state index in [9.17, 15) is 4.79 Å². The number of hydrogen-bond donors (Lipinski definition) is 1. The summed E-state index contributed by atoms with van der Waals surface area (Å²) >= 11 is 0. The number of aromatic nitrogens is 2.